The van der Waals surface area contributed by atoms with Gasteiger partial charge in [0.15, 0.2) is 0 Å². The molecule has 1 aromatic carbocycles. The zero-order valence-corrected chi connectivity index (χ0v) is 11.9. The van der Waals surface area contributed by atoms with Crippen LogP contribution in [0.15, 0.2) is 12.1 Å². The third-order valence-electron chi connectivity index (χ3n) is 3.39. The standard InChI is InChI=1S/C13H14Cl2FNO2/c1-7-6-17(3-2-12(7)18)13(19)8-4-11(16)10(15)5-9(8)14/h4-5,7,12,18H,2-3,6H2,1H3. The van der Waals surface area contributed by atoms with E-state index in [0.29, 0.717) is 19.5 Å². The van der Waals surface area contributed by atoms with Gasteiger partial charge in [-0.1, -0.05) is 30.1 Å². The highest BCUT2D eigenvalue weighted by molar-refractivity contribution is 6.36. The second-order valence-corrected chi connectivity index (χ2v) is 5.65. The molecule has 2 atom stereocenters. The van der Waals surface area contributed by atoms with Gasteiger partial charge in [-0.05, 0) is 24.5 Å². The van der Waals surface area contributed by atoms with Crippen molar-refractivity contribution >= 4 is 29.1 Å². The van der Waals surface area contributed by atoms with Crippen molar-refractivity contribution in [3.63, 3.8) is 0 Å². The molecule has 0 bridgehead atoms. The number of aliphatic hydroxyl groups is 1. The molecule has 1 aliphatic heterocycles. The Bertz CT molecular complexity index is 510. The van der Waals surface area contributed by atoms with Gasteiger partial charge in [-0.2, -0.15) is 0 Å². The van der Waals surface area contributed by atoms with Gasteiger partial charge in [-0.15, -0.1) is 0 Å². The summed E-state index contributed by atoms with van der Waals surface area (Å²) in [6, 6.07) is 2.29. The van der Waals surface area contributed by atoms with Crippen molar-refractivity contribution in [2.45, 2.75) is 19.4 Å². The van der Waals surface area contributed by atoms with Crippen molar-refractivity contribution in [2.24, 2.45) is 5.92 Å². The molecule has 1 amide bonds. The predicted molar refractivity (Wildman–Crippen MR) is 72.1 cm³/mol. The Morgan fingerprint density at radius 1 is 1.42 bits per heavy atom. The zero-order valence-electron chi connectivity index (χ0n) is 10.4. The highest BCUT2D eigenvalue weighted by Gasteiger charge is 2.29. The van der Waals surface area contributed by atoms with Crippen LogP contribution in [0.25, 0.3) is 0 Å². The fourth-order valence-electron chi connectivity index (χ4n) is 2.17. The van der Waals surface area contributed by atoms with E-state index in [2.05, 4.69) is 0 Å². The van der Waals surface area contributed by atoms with Crippen molar-refractivity contribution in [1.29, 1.82) is 0 Å². The lowest BCUT2D eigenvalue weighted by atomic mass is 9.96. The molecule has 2 unspecified atom stereocenters. The minimum atomic E-state index is -0.667. The van der Waals surface area contributed by atoms with Gasteiger partial charge in [0.25, 0.3) is 5.91 Å². The number of carbonyl (C=O) groups excluding carboxylic acids is 1. The number of rotatable bonds is 1. The van der Waals surface area contributed by atoms with Crippen LogP contribution in [0.5, 0.6) is 0 Å². The van der Waals surface area contributed by atoms with Crippen molar-refractivity contribution < 1.29 is 14.3 Å². The summed E-state index contributed by atoms with van der Waals surface area (Å²) >= 11 is 11.5. The zero-order chi connectivity index (χ0) is 14.2. The topological polar surface area (TPSA) is 40.5 Å². The van der Waals surface area contributed by atoms with Crippen molar-refractivity contribution in [2.75, 3.05) is 13.1 Å². The van der Waals surface area contributed by atoms with Gasteiger partial charge in [-0.25, -0.2) is 4.39 Å². The van der Waals surface area contributed by atoms with Crippen LogP contribution in [-0.2, 0) is 0 Å². The molecule has 2 rings (SSSR count). The number of hydrogen-bond acceptors (Lipinski definition) is 2. The van der Waals surface area contributed by atoms with Crippen molar-refractivity contribution in [3.8, 4) is 0 Å². The third-order valence-corrected chi connectivity index (χ3v) is 3.99. The smallest absolute Gasteiger partial charge is 0.255 e. The summed E-state index contributed by atoms with van der Waals surface area (Å²) in [5.41, 5.74) is 0.104. The molecule has 3 nitrogen and oxygen atoms in total. The quantitative estimate of drug-likeness (QED) is 0.810. The first-order chi connectivity index (χ1) is 8.90. The first kappa shape index (κ1) is 14.6. The van der Waals surface area contributed by atoms with Gasteiger partial charge in [0, 0.05) is 13.1 Å². The maximum atomic E-state index is 13.4. The molecule has 1 fully saturated rings. The van der Waals surface area contributed by atoms with E-state index < -0.39 is 11.9 Å². The van der Waals surface area contributed by atoms with Crippen LogP contribution in [-0.4, -0.2) is 35.1 Å². The monoisotopic (exact) mass is 305 g/mol. The first-order valence-corrected chi connectivity index (χ1v) is 6.77. The number of benzene rings is 1. The summed E-state index contributed by atoms with van der Waals surface area (Å²) in [5, 5.41) is 9.67. The first-order valence-electron chi connectivity index (χ1n) is 6.02. The van der Waals surface area contributed by atoms with Crippen LogP contribution < -0.4 is 0 Å². The minimum Gasteiger partial charge on any atom is -0.393 e. The fraction of sp³-hybridized carbons (Fsp3) is 0.462. The van der Waals surface area contributed by atoms with E-state index in [1.807, 2.05) is 6.92 Å². The van der Waals surface area contributed by atoms with E-state index in [1.165, 1.54) is 6.07 Å². The Kier molecular flexibility index (Phi) is 4.33. The lowest BCUT2D eigenvalue weighted by Crippen LogP contribution is -2.45. The molecular formula is C13H14Cl2FNO2. The molecule has 1 saturated heterocycles. The Labute approximate surface area is 120 Å². The summed E-state index contributed by atoms with van der Waals surface area (Å²) in [6.07, 6.45) is 0.113. The largest absolute Gasteiger partial charge is 0.393 e. The summed E-state index contributed by atoms with van der Waals surface area (Å²) in [7, 11) is 0. The predicted octanol–water partition coefficient (Wildman–Crippen LogP) is 2.98. The van der Waals surface area contributed by atoms with Gasteiger partial charge in [0.05, 0.1) is 21.7 Å². The number of amides is 1. The van der Waals surface area contributed by atoms with Crippen LogP contribution in [0.4, 0.5) is 4.39 Å². The highest BCUT2D eigenvalue weighted by Crippen LogP contribution is 2.27. The molecule has 0 saturated carbocycles. The molecule has 0 radical (unpaired) electrons. The second-order valence-electron chi connectivity index (χ2n) is 4.83. The van der Waals surface area contributed by atoms with E-state index in [4.69, 9.17) is 23.2 Å². The number of carbonyl (C=O) groups is 1. The molecule has 1 aromatic rings. The van der Waals surface area contributed by atoms with Crippen LogP contribution in [0.2, 0.25) is 10.0 Å². The Morgan fingerprint density at radius 2 is 2.11 bits per heavy atom. The van der Waals surface area contributed by atoms with E-state index in [9.17, 15) is 14.3 Å². The molecular weight excluding hydrogens is 292 g/mol. The molecule has 6 heteroatoms. The number of nitrogens with zero attached hydrogens (tertiary/aromatic N) is 1. The van der Waals surface area contributed by atoms with E-state index in [-0.39, 0.29) is 27.4 Å². The number of piperidine rings is 1. The van der Waals surface area contributed by atoms with E-state index in [0.717, 1.165) is 6.07 Å². The number of halogens is 3. The number of aliphatic hydroxyl groups excluding tert-OH is 1. The van der Waals surface area contributed by atoms with Crippen LogP contribution >= 0.6 is 23.2 Å². The lowest BCUT2D eigenvalue weighted by molar-refractivity contribution is 0.0297. The van der Waals surface area contributed by atoms with Gasteiger partial charge >= 0.3 is 0 Å². The molecule has 19 heavy (non-hydrogen) atoms. The molecule has 1 heterocycles. The molecule has 1 N–H and O–H groups in total. The second kappa shape index (κ2) is 5.65. The average molecular weight is 306 g/mol. The van der Waals surface area contributed by atoms with Crippen LogP contribution in [0.1, 0.15) is 23.7 Å². The van der Waals surface area contributed by atoms with Gasteiger partial charge in [0.2, 0.25) is 0 Å². The molecule has 0 spiro atoms. The molecule has 0 aromatic heterocycles. The van der Waals surface area contributed by atoms with Gasteiger partial charge in [0.1, 0.15) is 5.82 Å². The molecule has 0 aliphatic carbocycles. The SMILES string of the molecule is CC1CN(C(=O)c2cc(F)c(Cl)cc2Cl)CCC1O. The number of hydrogen-bond donors (Lipinski definition) is 1. The maximum Gasteiger partial charge on any atom is 0.255 e. The van der Waals surface area contributed by atoms with Crippen molar-refractivity contribution in [3.05, 3.63) is 33.6 Å². The molecule has 104 valence electrons. The maximum absolute atomic E-state index is 13.4. The van der Waals surface area contributed by atoms with E-state index >= 15 is 0 Å². The summed E-state index contributed by atoms with van der Waals surface area (Å²) in [6.45, 7) is 2.74. The Balaban J connectivity index is 2.23. The Morgan fingerprint density at radius 3 is 2.74 bits per heavy atom. The fourth-order valence-corrected chi connectivity index (χ4v) is 2.64. The normalized spacial score (nSPS) is 23.5. The van der Waals surface area contributed by atoms with Gasteiger partial charge < -0.3 is 10.0 Å². The Hall–Kier alpha value is -0.840. The minimum absolute atomic E-state index is 0.00590. The van der Waals surface area contributed by atoms with Gasteiger partial charge in [-0.3, -0.25) is 4.79 Å². The summed E-state index contributed by atoms with van der Waals surface area (Å²) < 4.78 is 13.4. The highest BCUT2D eigenvalue weighted by atomic mass is 35.5. The molecule has 1 aliphatic rings. The number of likely N-dealkylation sites (tertiary alicyclic amines) is 1. The lowest BCUT2D eigenvalue weighted by Gasteiger charge is -2.34. The summed E-state index contributed by atoms with van der Waals surface area (Å²) in [5.74, 6) is -1.01. The van der Waals surface area contributed by atoms with Crippen molar-refractivity contribution in [1.82, 2.24) is 4.90 Å². The van der Waals surface area contributed by atoms with Crippen LogP contribution in [0.3, 0.4) is 0 Å². The van der Waals surface area contributed by atoms with Crippen LogP contribution in [0, 0.1) is 11.7 Å². The summed E-state index contributed by atoms with van der Waals surface area (Å²) in [4.78, 5) is 13.9. The average Bonchev–Trinajstić information content (AvgIpc) is 2.36. The third kappa shape index (κ3) is 3.02. The van der Waals surface area contributed by atoms with E-state index in [1.54, 1.807) is 4.90 Å².